The Morgan fingerprint density at radius 3 is 2.07 bits per heavy atom. The lowest BCUT2D eigenvalue weighted by Gasteiger charge is -2.51. The predicted octanol–water partition coefficient (Wildman–Crippen LogP) is 1.92. The molecule has 0 aromatic carbocycles. The Bertz CT molecular complexity index is 218. The van der Waals surface area contributed by atoms with Gasteiger partial charge in [0.05, 0.1) is 5.60 Å². The topological polar surface area (TPSA) is 23.5 Å². The van der Waals surface area contributed by atoms with E-state index in [2.05, 4.69) is 4.90 Å². The van der Waals surface area contributed by atoms with Crippen LogP contribution in [0.25, 0.3) is 0 Å². The van der Waals surface area contributed by atoms with Crippen molar-refractivity contribution in [2.24, 2.45) is 0 Å². The number of nitrogens with zero attached hydrogens (tertiary/aromatic N) is 1. The van der Waals surface area contributed by atoms with Crippen molar-refractivity contribution in [3.05, 3.63) is 0 Å². The summed E-state index contributed by atoms with van der Waals surface area (Å²) in [4.78, 5) is 2.75. The van der Waals surface area contributed by atoms with Gasteiger partial charge in [-0.3, -0.25) is 4.90 Å². The quantitative estimate of drug-likeness (QED) is 0.691. The van der Waals surface area contributed by atoms with Crippen LogP contribution in [0.15, 0.2) is 0 Å². The Labute approximate surface area is 86.3 Å². The highest BCUT2D eigenvalue weighted by atomic mass is 16.3. The molecule has 3 rings (SSSR count). The molecule has 2 saturated heterocycles. The zero-order valence-corrected chi connectivity index (χ0v) is 9.08. The van der Waals surface area contributed by atoms with E-state index in [0.29, 0.717) is 12.1 Å². The minimum atomic E-state index is -0.374. The minimum Gasteiger partial charge on any atom is -0.390 e. The number of aliphatic hydroxyl groups is 1. The van der Waals surface area contributed by atoms with Crippen molar-refractivity contribution >= 4 is 0 Å². The van der Waals surface area contributed by atoms with E-state index in [1.807, 2.05) is 6.92 Å². The van der Waals surface area contributed by atoms with E-state index < -0.39 is 0 Å². The molecule has 0 aromatic rings. The van der Waals surface area contributed by atoms with Crippen molar-refractivity contribution in [3.8, 4) is 0 Å². The van der Waals surface area contributed by atoms with Crippen LogP contribution in [0, 0.1) is 0 Å². The van der Waals surface area contributed by atoms with Crippen LogP contribution >= 0.6 is 0 Å². The molecule has 1 N–H and O–H groups in total. The van der Waals surface area contributed by atoms with Gasteiger partial charge in [0.1, 0.15) is 0 Å². The second-order valence-corrected chi connectivity index (χ2v) is 5.82. The molecule has 3 aliphatic rings. The Morgan fingerprint density at radius 2 is 1.57 bits per heavy atom. The Balaban J connectivity index is 1.81. The van der Waals surface area contributed by atoms with Gasteiger partial charge in [-0.05, 0) is 45.4 Å². The fourth-order valence-electron chi connectivity index (χ4n) is 3.67. The molecule has 2 heterocycles. The van der Waals surface area contributed by atoms with Gasteiger partial charge in [0, 0.05) is 18.1 Å². The molecule has 1 unspecified atom stereocenters. The van der Waals surface area contributed by atoms with Crippen molar-refractivity contribution < 1.29 is 5.11 Å². The van der Waals surface area contributed by atoms with Crippen LogP contribution in [0.2, 0.25) is 0 Å². The van der Waals surface area contributed by atoms with Gasteiger partial charge >= 0.3 is 0 Å². The summed E-state index contributed by atoms with van der Waals surface area (Å²) in [5, 5.41) is 10.2. The third kappa shape index (κ3) is 1.49. The zero-order chi connectivity index (χ0) is 9.76. The molecule has 0 aromatic heterocycles. The van der Waals surface area contributed by atoms with Crippen LogP contribution in [0.1, 0.15) is 51.9 Å². The number of piperidine rings is 2. The molecule has 0 spiro atoms. The lowest BCUT2D eigenvalue weighted by molar-refractivity contribution is -0.0848. The van der Waals surface area contributed by atoms with Gasteiger partial charge in [-0.25, -0.2) is 0 Å². The van der Waals surface area contributed by atoms with Gasteiger partial charge in [-0.1, -0.05) is 6.42 Å². The van der Waals surface area contributed by atoms with Crippen LogP contribution in [0.3, 0.4) is 0 Å². The number of hydrogen-bond acceptors (Lipinski definition) is 2. The Hall–Kier alpha value is -0.0800. The van der Waals surface area contributed by atoms with Gasteiger partial charge in [-0.2, -0.15) is 0 Å². The molecule has 2 nitrogen and oxygen atoms in total. The van der Waals surface area contributed by atoms with E-state index in [0.717, 1.165) is 18.9 Å². The summed E-state index contributed by atoms with van der Waals surface area (Å²) in [7, 11) is 0. The second-order valence-electron chi connectivity index (χ2n) is 5.82. The van der Waals surface area contributed by atoms with E-state index in [1.165, 1.54) is 32.1 Å². The van der Waals surface area contributed by atoms with Crippen molar-refractivity contribution in [3.63, 3.8) is 0 Å². The first-order valence-electron chi connectivity index (χ1n) is 6.15. The van der Waals surface area contributed by atoms with Crippen LogP contribution in [0.4, 0.5) is 0 Å². The summed E-state index contributed by atoms with van der Waals surface area (Å²) in [6.45, 7) is 2.03. The molecule has 80 valence electrons. The summed E-state index contributed by atoms with van der Waals surface area (Å²) in [5.41, 5.74) is -0.374. The van der Waals surface area contributed by atoms with Gasteiger partial charge in [0.2, 0.25) is 0 Å². The van der Waals surface area contributed by atoms with Gasteiger partial charge in [-0.15, -0.1) is 0 Å². The lowest BCUT2D eigenvalue weighted by Crippen LogP contribution is -2.57. The van der Waals surface area contributed by atoms with Crippen molar-refractivity contribution in [2.75, 3.05) is 0 Å². The smallest absolute Gasteiger partial charge is 0.0649 e. The third-order valence-corrected chi connectivity index (χ3v) is 4.24. The molecule has 3 fully saturated rings. The number of rotatable bonds is 1. The molecular formula is C12H21NO. The normalized spacial score (nSPS) is 49.3. The first kappa shape index (κ1) is 9.17. The average molecular weight is 195 g/mol. The van der Waals surface area contributed by atoms with Crippen molar-refractivity contribution in [1.82, 2.24) is 4.90 Å². The third-order valence-electron chi connectivity index (χ3n) is 4.24. The predicted molar refractivity (Wildman–Crippen MR) is 56.1 cm³/mol. The van der Waals surface area contributed by atoms with Crippen LogP contribution in [-0.2, 0) is 0 Å². The van der Waals surface area contributed by atoms with E-state index in [9.17, 15) is 5.11 Å². The largest absolute Gasteiger partial charge is 0.390 e. The molecule has 2 aliphatic heterocycles. The van der Waals surface area contributed by atoms with Crippen LogP contribution < -0.4 is 0 Å². The molecule has 2 bridgehead atoms. The molecule has 3 atom stereocenters. The van der Waals surface area contributed by atoms with Crippen molar-refractivity contribution in [2.45, 2.75) is 75.6 Å². The fraction of sp³-hybridized carbons (Fsp3) is 1.00. The summed E-state index contributed by atoms with van der Waals surface area (Å²) in [6.07, 6.45) is 8.88. The van der Waals surface area contributed by atoms with E-state index in [1.54, 1.807) is 0 Å². The maximum atomic E-state index is 10.2. The molecule has 2 heteroatoms. The molecule has 14 heavy (non-hydrogen) atoms. The first-order chi connectivity index (χ1) is 6.66. The van der Waals surface area contributed by atoms with Gasteiger partial charge in [0.25, 0.3) is 0 Å². The van der Waals surface area contributed by atoms with Gasteiger partial charge < -0.3 is 5.11 Å². The van der Waals surface area contributed by atoms with Crippen LogP contribution in [0.5, 0.6) is 0 Å². The zero-order valence-electron chi connectivity index (χ0n) is 9.08. The molecule has 1 aliphatic carbocycles. The Kier molecular flexibility index (Phi) is 1.94. The first-order valence-corrected chi connectivity index (χ1v) is 6.15. The fourth-order valence-corrected chi connectivity index (χ4v) is 3.67. The molecule has 0 amide bonds. The molecule has 1 saturated carbocycles. The lowest BCUT2D eigenvalue weighted by atomic mass is 9.76. The standard InChI is InChI=1S/C12H21NO/c1-12(14)7-10-3-2-4-11(8-12)13(10)9-5-6-9/h9-11,14H,2-8H2,1H3/t10-,11+,12?. The molecule has 0 radical (unpaired) electrons. The molecular weight excluding hydrogens is 174 g/mol. The second kappa shape index (κ2) is 2.96. The van der Waals surface area contributed by atoms with Crippen LogP contribution in [-0.4, -0.2) is 33.7 Å². The highest BCUT2D eigenvalue weighted by Gasteiger charge is 2.47. The van der Waals surface area contributed by atoms with Gasteiger partial charge in [0.15, 0.2) is 0 Å². The summed E-state index contributed by atoms with van der Waals surface area (Å²) >= 11 is 0. The highest BCUT2D eigenvalue weighted by Crippen LogP contribution is 2.44. The summed E-state index contributed by atoms with van der Waals surface area (Å²) in [6, 6.07) is 2.29. The average Bonchev–Trinajstić information content (AvgIpc) is 2.83. The monoisotopic (exact) mass is 195 g/mol. The van der Waals surface area contributed by atoms with E-state index in [-0.39, 0.29) is 5.60 Å². The summed E-state index contributed by atoms with van der Waals surface area (Å²) < 4.78 is 0. The van der Waals surface area contributed by atoms with E-state index in [4.69, 9.17) is 0 Å². The number of hydrogen-bond donors (Lipinski definition) is 1. The Morgan fingerprint density at radius 1 is 1.00 bits per heavy atom. The number of fused-ring (bicyclic) bond motifs is 2. The SMILES string of the molecule is CC1(O)C[C@H]2CCC[C@@H](C1)N2C1CC1. The highest BCUT2D eigenvalue weighted by molar-refractivity contribution is 5.03. The van der Waals surface area contributed by atoms with E-state index >= 15 is 0 Å². The maximum Gasteiger partial charge on any atom is 0.0649 e. The van der Waals surface area contributed by atoms with Crippen molar-refractivity contribution in [1.29, 1.82) is 0 Å². The summed E-state index contributed by atoms with van der Waals surface area (Å²) in [5.74, 6) is 0. The minimum absolute atomic E-state index is 0.374. The maximum absolute atomic E-state index is 10.2.